The number of benzene rings is 1. The fourth-order valence-electron chi connectivity index (χ4n) is 1.16. The van der Waals surface area contributed by atoms with Crippen LogP contribution in [0.4, 0.5) is 4.39 Å². The number of aliphatic hydroxyl groups excluding tert-OH is 1. The van der Waals surface area contributed by atoms with E-state index >= 15 is 0 Å². The van der Waals surface area contributed by atoms with Crippen LogP contribution >= 0.6 is 0 Å². The van der Waals surface area contributed by atoms with E-state index < -0.39 is 6.10 Å². The molecule has 0 aliphatic carbocycles. The van der Waals surface area contributed by atoms with Gasteiger partial charge in [-0.2, -0.15) is 0 Å². The molecular formula is C10H14FNO. The molecule has 0 amide bonds. The van der Waals surface area contributed by atoms with E-state index in [0.717, 1.165) is 0 Å². The molecule has 0 bridgehead atoms. The van der Waals surface area contributed by atoms with Gasteiger partial charge in [-0.05, 0) is 31.0 Å². The third-order valence-electron chi connectivity index (χ3n) is 2.02. The Balaban J connectivity index is 2.97. The number of rotatable bonds is 2. The van der Waals surface area contributed by atoms with Crippen molar-refractivity contribution in [3.63, 3.8) is 0 Å². The molecule has 0 fully saturated rings. The molecule has 2 nitrogen and oxygen atoms in total. The third kappa shape index (κ3) is 2.26. The number of halogens is 1. The Morgan fingerprint density at radius 2 is 2.08 bits per heavy atom. The summed E-state index contributed by atoms with van der Waals surface area (Å²) in [7, 11) is 0. The van der Waals surface area contributed by atoms with Gasteiger partial charge in [0.25, 0.3) is 0 Å². The van der Waals surface area contributed by atoms with Crippen LogP contribution in [-0.2, 0) is 0 Å². The maximum Gasteiger partial charge on any atom is 0.126 e. The third-order valence-corrected chi connectivity index (χ3v) is 2.02. The SMILES string of the molecule is Cc1cc([C@@H](O)[C@H](C)N)ccc1F. The van der Waals surface area contributed by atoms with Gasteiger partial charge in [0.05, 0.1) is 6.10 Å². The van der Waals surface area contributed by atoms with Crippen LogP contribution in [0, 0.1) is 12.7 Å². The van der Waals surface area contributed by atoms with E-state index in [1.54, 1.807) is 26.0 Å². The second kappa shape index (κ2) is 3.85. The number of hydrogen-bond donors (Lipinski definition) is 2. The Morgan fingerprint density at radius 3 is 2.54 bits per heavy atom. The van der Waals surface area contributed by atoms with Crippen molar-refractivity contribution in [1.82, 2.24) is 0 Å². The quantitative estimate of drug-likeness (QED) is 0.730. The highest BCUT2D eigenvalue weighted by Crippen LogP contribution is 2.18. The Kier molecular flexibility index (Phi) is 3.01. The molecule has 0 saturated carbocycles. The summed E-state index contributed by atoms with van der Waals surface area (Å²) < 4.78 is 12.9. The minimum absolute atomic E-state index is 0.263. The summed E-state index contributed by atoms with van der Waals surface area (Å²) in [5.74, 6) is -0.263. The molecule has 0 unspecified atom stereocenters. The first-order valence-electron chi connectivity index (χ1n) is 4.22. The molecule has 3 heteroatoms. The Hall–Kier alpha value is -0.930. The van der Waals surface area contributed by atoms with E-state index in [9.17, 15) is 9.50 Å². The Bertz CT molecular complexity index is 299. The largest absolute Gasteiger partial charge is 0.387 e. The van der Waals surface area contributed by atoms with Crippen molar-refractivity contribution in [2.75, 3.05) is 0 Å². The zero-order valence-electron chi connectivity index (χ0n) is 7.79. The summed E-state index contributed by atoms with van der Waals surface area (Å²) >= 11 is 0. The van der Waals surface area contributed by atoms with Crippen LogP contribution in [0.2, 0.25) is 0 Å². The van der Waals surface area contributed by atoms with Crippen LogP contribution in [0.5, 0.6) is 0 Å². The van der Waals surface area contributed by atoms with Gasteiger partial charge in [0.15, 0.2) is 0 Å². The van der Waals surface area contributed by atoms with Gasteiger partial charge in [0.1, 0.15) is 5.82 Å². The predicted molar refractivity (Wildman–Crippen MR) is 49.7 cm³/mol. The molecule has 0 aromatic heterocycles. The first kappa shape index (κ1) is 10.2. The summed E-state index contributed by atoms with van der Waals surface area (Å²) in [5.41, 5.74) is 6.70. The van der Waals surface area contributed by atoms with Crippen LogP contribution in [0.25, 0.3) is 0 Å². The molecule has 0 aliphatic heterocycles. The highest BCUT2D eigenvalue weighted by molar-refractivity contribution is 5.26. The Labute approximate surface area is 77.2 Å². The lowest BCUT2D eigenvalue weighted by Gasteiger charge is -2.15. The molecule has 0 saturated heterocycles. The van der Waals surface area contributed by atoms with E-state index in [2.05, 4.69) is 0 Å². The van der Waals surface area contributed by atoms with Crippen molar-refractivity contribution in [3.8, 4) is 0 Å². The summed E-state index contributed by atoms with van der Waals surface area (Å²) in [4.78, 5) is 0. The molecule has 13 heavy (non-hydrogen) atoms. The van der Waals surface area contributed by atoms with Crippen molar-refractivity contribution in [1.29, 1.82) is 0 Å². The van der Waals surface area contributed by atoms with E-state index in [0.29, 0.717) is 11.1 Å². The monoisotopic (exact) mass is 183 g/mol. The van der Waals surface area contributed by atoms with Gasteiger partial charge in [0.2, 0.25) is 0 Å². The van der Waals surface area contributed by atoms with E-state index in [-0.39, 0.29) is 11.9 Å². The van der Waals surface area contributed by atoms with Crippen molar-refractivity contribution >= 4 is 0 Å². The van der Waals surface area contributed by atoms with Crippen molar-refractivity contribution < 1.29 is 9.50 Å². The highest BCUT2D eigenvalue weighted by Gasteiger charge is 2.12. The van der Waals surface area contributed by atoms with Gasteiger partial charge >= 0.3 is 0 Å². The number of aryl methyl sites for hydroxylation is 1. The van der Waals surface area contributed by atoms with Crippen LogP contribution < -0.4 is 5.73 Å². The Morgan fingerprint density at radius 1 is 1.46 bits per heavy atom. The minimum atomic E-state index is -0.723. The lowest BCUT2D eigenvalue weighted by molar-refractivity contribution is 0.153. The topological polar surface area (TPSA) is 46.2 Å². The number of hydrogen-bond acceptors (Lipinski definition) is 2. The lowest BCUT2D eigenvalue weighted by Crippen LogP contribution is -2.24. The summed E-state index contributed by atoms with van der Waals surface area (Å²) in [6.45, 7) is 3.37. The van der Waals surface area contributed by atoms with E-state index in [1.807, 2.05) is 0 Å². The fraction of sp³-hybridized carbons (Fsp3) is 0.400. The van der Waals surface area contributed by atoms with E-state index in [1.165, 1.54) is 6.07 Å². The fourth-order valence-corrected chi connectivity index (χ4v) is 1.16. The highest BCUT2D eigenvalue weighted by atomic mass is 19.1. The molecule has 72 valence electrons. The molecule has 1 aromatic carbocycles. The molecule has 3 N–H and O–H groups in total. The van der Waals surface area contributed by atoms with Crippen LogP contribution in [0.1, 0.15) is 24.2 Å². The second-order valence-electron chi connectivity index (χ2n) is 3.31. The summed E-state index contributed by atoms with van der Waals surface area (Å²) in [6, 6.07) is 4.17. The van der Waals surface area contributed by atoms with Crippen LogP contribution in [0.15, 0.2) is 18.2 Å². The molecule has 0 heterocycles. The van der Waals surface area contributed by atoms with Gasteiger partial charge in [-0.1, -0.05) is 12.1 Å². The molecule has 0 radical (unpaired) electrons. The zero-order chi connectivity index (χ0) is 10.0. The first-order valence-corrected chi connectivity index (χ1v) is 4.22. The van der Waals surface area contributed by atoms with Crippen LogP contribution in [-0.4, -0.2) is 11.1 Å². The smallest absolute Gasteiger partial charge is 0.126 e. The summed E-state index contributed by atoms with van der Waals surface area (Å²) in [6.07, 6.45) is -0.723. The standard InChI is InChI=1S/C10H14FNO/c1-6-5-8(3-4-9(6)11)10(13)7(2)12/h3-5,7,10,13H,12H2,1-2H3/t7-,10-/m0/s1. The molecule has 2 atom stereocenters. The minimum Gasteiger partial charge on any atom is -0.387 e. The van der Waals surface area contributed by atoms with Crippen LogP contribution in [0.3, 0.4) is 0 Å². The molecular weight excluding hydrogens is 169 g/mol. The van der Waals surface area contributed by atoms with Gasteiger partial charge in [-0.15, -0.1) is 0 Å². The lowest BCUT2D eigenvalue weighted by atomic mass is 10.0. The van der Waals surface area contributed by atoms with E-state index in [4.69, 9.17) is 5.73 Å². The average Bonchev–Trinajstić information content (AvgIpc) is 2.08. The van der Waals surface area contributed by atoms with Gasteiger partial charge in [-0.3, -0.25) is 0 Å². The summed E-state index contributed by atoms with van der Waals surface area (Å²) in [5, 5.41) is 9.57. The number of aliphatic hydroxyl groups is 1. The first-order chi connectivity index (χ1) is 6.02. The predicted octanol–water partition coefficient (Wildman–Crippen LogP) is 1.51. The average molecular weight is 183 g/mol. The van der Waals surface area contributed by atoms with Crippen molar-refractivity contribution in [2.24, 2.45) is 5.73 Å². The number of nitrogens with two attached hydrogens (primary N) is 1. The molecule has 1 rings (SSSR count). The second-order valence-corrected chi connectivity index (χ2v) is 3.31. The molecule has 0 aliphatic rings. The molecule has 0 spiro atoms. The molecule has 1 aromatic rings. The maximum atomic E-state index is 12.9. The van der Waals surface area contributed by atoms with Crippen molar-refractivity contribution in [2.45, 2.75) is 26.0 Å². The normalized spacial score (nSPS) is 15.5. The maximum absolute atomic E-state index is 12.9. The van der Waals surface area contributed by atoms with Gasteiger partial charge in [-0.25, -0.2) is 4.39 Å². The van der Waals surface area contributed by atoms with Crippen molar-refractivity contribution in [3.05, 3.63) is 35.1 Å². The zero-order valence-corrected chi connectivity index (χ0v) is 7.79. The van der Waals surface area contributed by atoms with Gasteiger partial charge in [0, 0.05) is 6.04 Å². The van der Waals surface area contributed by atoms with Gasteiger partial charge < -0.3 is 10.8 Å².